The Morgan fingerprint density at radius 1 is 1.28 bits per heavy atom. The van der Waals surface area contributed by atoms with Crippen LogP contribution in [0.5, 0.6) is 5.75 Å². The zero-order valence-corrected chi connectivity index (χ0v) is 15.6. The Labute approximate surface area is 147 Å². The average Bonchev–Trinajstić information content (AvgIpc) is 2.94. The highest BCUT2D eigenvalue weighted by Crippen LogP contribution is 2.19. The van der Waals surface area contributed by atoms with Gasteiger partial charge in [-0.1, -0.05) is 0 Å². The second-order valence-corrected chi connectivity index (χ2v) is 8.11. The van der Waals surface area contributed by atoms with E-state index in [1.807, 2.05) is 20.8 Å². The molecule has 0 atom stereocenters. The fourth-order valence-corrected chi connectivity index (χ4v) is 3.58. The van der Waals surface area contributed by atoms with Gasteiger partial charge in [-0.05, 0) is 45.0 Å². The van der Waals surface area contributed by atoms with Crippen LogP contribution in [0.3, 0.4) is 0 Å². The van der Waals surface area contributed by atoms with Crippen LogP contribution >= 0.6 is 0 Å². The Hall–Kier alpha value is -2.35. The minimum absolute atomic E-state index is 0.0898. The molecule has 2 aromatic rings. The standard InChI is InChI=1S/C17H23N3O4S/c1-12(2)20-16(11-13(3)19-20)18-17(21)9-10-25(22,23)15-7-5-14(24-4)6-8-15/h5-8,11-12H,9-10H2,1-4H3,(H,18,21). The van der Waals surface area contributed by atoms with E-state index in [-0.39, 0.29) is 29.0 Å². The van der Waals surface area contributed by atoms with Crippen molar-refractivity contribution in [3.63, 3.8) is 0 Å². The van der Waals surface area contributed by atoms with E-state index in [4.69, 9.17) is 4.74 Å². The van der Waals surface area contributed by atoms with E-state index in [0.29, 0.717) is 11.6 Å². The molecule has 7 nitrogen and oxygen atoms in total. The van der Waals surface area contributed by atoms with E-state index in [2.05, 4.69) is 10.4 Å². The fraction of sp³-hybridized carbons (Fsp3) is 0.412. The zero-order valence-electron chi connectivity index (χ0n) is 14.8. The van der Waals surface area contributed by atoms with Gasteiger partial charge in [-0.25, -0.2) is 13.1 Å². The average molecular weight is 365 g/mol. The highest BCUT2D eigenvalue weighted by molar-refractivity contribution is 7.91. The maximum absolute atomic E-state index is 12.3. The SMILES string of the molecule is COc1ccc(S(=O)(=O)CCC(=O)Nc2cc(C)nn2C(C)C)cc1. The van der Waals surface area contributed by atoms with Gasteiger partial charge in [0.25, 0.3) is 0 Å². The van der Waals surface area contributed by atoms with E-state index < -0.39 is 9.84 Å². The van der Waals surface area contributed by atoms with Crippen LogP contribution in [-0.2, 0) is 14.6 Å². The Kier molecular flexibility index (Phi) is 5.84. The highest BCUT2D eigenvalue weighted by Gasteiger charge is 2.18. The van der Waals surface area contributed by atoms with Crippen molar-refractivity contribution in [3.05, 3.63) is 36.0 Å². The zero-order chi connectivity index (χ0) is 18.6. The van der Waals surface area contributed by atoms with Crippen molar-refractivity contribution in [2.24, 2.45) is 0 Å². The molecule has 0 aliphatic rings. The lowest BCUT2D eigenvalue weighted by atomic mass is 10.3. The van der Waals surface area contributed by atoms with Gasteiger partial charge in [0.1, 0.15) is 11.6 Å². The molecule has 0 radical (unpaired) electrons. The first-order valence-corrected chi connectivity index (χ1v) is 9.61. The number of nitrogens with zero attached hydrogens (tertiary/aromatic N) is 2. The summed E-state index contributed by atoms with van der Waals surface area (Å²) in [6.45, 7) is 5.75. The minimum Gasteiger partial charge on any atom is -0.497 e. The lowest BCUT2D eigenvalue weighted by Gasteiger charge is -2.12. The molecule has 2 rings (SSSR count). The molecule has 8 heteroatoms. The third kappa shape index (κ3) is 4.82. The number of nitrogens with one attached hydrogen (secondary N) is 1. The van der Waals surface area contributed by atoms with E-state index in [0.717, 1.165) is 5.69 Å². The van der Waals surface area contributed by atoms with E-state index >= 15 is 0 Å². The molecule has 0 aliphatic carbocycles. The number of aromatic nitrogens is 2. The molecule has 0 fully saturated rings. The Balaban J connectivity index is 2.01. The predicted molar refractivity (Wildman–Crippen MR) is 95.6 cm³/mol. The summed E-state index contributed by atoms with van der Waals surface area (Å²) in [6.07, 6.45) is -0.128. The van der Waals surface area contributed by atoms with E-state index in [1.165, 1.54) is 19.2 Å². The molecular formula is C17H23N3O4S. The summed E-state index contributed by atoms with van der Waals surface area (Å²) < 4.78 is 31.4. The van der Waals surface area contributed by atoms with Crippen LogP contribution < -0.4 is 10.1 Å². The number of carbonyl (C=O) groups is 1. The monoisotopic (exact) mass is 365 g/mol. The highest BCUT2D eigenvalue weighted by atomic mass is 32.2. The topological polar surface area (TPSA) is 90.3 Å². The van der Waals surface area contributed by atoms with Crippen LogP contribution in [0, 0.1) is 6.92 Å². The van der Waals surface area contributed by atoms with E-state index in [1.54, 1.807) is 22.9 Å². The Morgan fingerprint density at radius 2 is 1.92 bits per heavy atom. The van der Waals surface area contributed by atoms with Gasteiger partial charge >= 0.3 is 0 Å². The summed E-state index contributed by atoms with van der Waals surface area (Å²) in [5.74, 6) is 0.521. The predicted octanol–water partition coefficient (Wildman–Crippen LogP) is 2.58. The third-order valence-electron chi connectivity index (χ3n) is 3.63. The second kappa shape index (κ2) is 7.69. The smallest absolute Gasteiger partial charge is 0.226 e. The number of hydrogen-bond acceptors (Lipinski definition) is 5. The molecule has 1 aromatic carbocycles. The maximum Gasteiger partial charge on any atom is 0.226 e. The molecule has 1 amide bonds. The number of methoxy groups -OCH3 is 1. The van der Waals surface area contributed by atoms with Crippen LogP contribution in [0.15, 0.2) is 35.2 Å². The van der Waals surface area contributed by atoms with Crippen molar-refractivity contribution in [1.82, 2.24) is 9.78 Å². The number of benzene rings is 1. The largest absolute Gasteiger partial charge is 0.497 e. The first kappa shape index (κ1) is 19.0. The molecule has 0 aliphatic heterocycles. The molecule has 0 bridgehead atoms. The number of carbonyl (C=O) groups excluding carboxylic acids is 1. The molecule has 1 aromatic heterocycles. The lowest BCUT2D eigenvalue weighted by Crippen LogP contribution is -2.20. The molecule has 1 heterocycles. The molecule has 136 valence electrons. The molecule has 0 unspecified atom stereocenters. The number of anilines is 1. The van der Waals surface area contributed by atoms with Crippen LogP contribution in [-0.4, -0.2) is 37.0 Å². The van der Waals surface area contributed by atoms with Crippen LogP contribution in [0.4, 0.5) is 5.82 Å². The van der Waals surface area contributed by atoms with Crippen molar-refractivity contribution in [3.8, 4) is 5.75 Å². The number of hydrogen-bond donors (Lipinski definition) is 1. The number of sulfone groups is 1. The third-order valence-corrected chi connectivity index (χ3v) is 5.36. The van der Waals surface area contributed by atoms with Crippen LogP contribution in [0.25, 0.3) is 0 Å². The van der Waals surface area contributed by atoms with Gasteiger partial charge in [0, 0.05) is 18.5 Å². The molecule has 25 heavy (non-hydrogen) atoms. The van der Waals surface area contributed by atoms with Gasteiger partial charge in [-0.2, -0.15) is 5.10 Å². The van der Waals surface area contributed by atoms with Crippen LogP contribution in [0.2, 0.25) is 0 Å². The van der Waals surface area contributed by atoms with Crippen molar-refractivity contribution < 1.29 is 17.9 Å². The quantitative estimate of drug-likeness (QED) is 0.814. The fourth-order valence-electron chi connectivity index (χ4n) is 2.34. The first-order chi connectivity index (χ1) is 11.7. The molecular weight excluding hydrogens is 342 g/mol. The van der Waals surface area contributed by atoms with E-state index in [9.17, 15) is 13.2 Å². The number of aryl methyl sites for hydroxylation is 1. The minimum atomic E-state index is -3.53. The van der Waals surface area contributed by atoms with Crippen molar-refractivity contribution in [2.75, 3.05) is 18.2 Å². The maximum atomic E-state index is 12.3. The summed E-state index contributed by atoms with van der Waals surface area (Å²) in [5.41, 5.74) is 0.787. The Morgan fingerprint density at radius 3 is 2.48 bits per heavy atom. The first-order valence-electron chi connectivity index (χ1n) is 7.96. The summed E-state index contributed by atoms with van der Waals surface area (Å²) in [6, 6.07) is 7.96. The summed E-state index contributed by atoms with van der Waals surface area (Å²) in [5, 5.41) is 7.04. The number of rotatable bonds is 7. The normalized spacial score (nSPS) is 11.6. The summed E-state index contributed by atoms with van der Waals surface area (Å²) in [7, 11) is -2.02. The molecule has 0 spiro atoms. The van der Waals surface area contributed by atoms with Gasteiger partial charge in [0.05, 0.1) is 23.5 Å². The van der Waals surface area contributed by atoms with Crippen molar-refractivity contribution in [1.29, 1.82) is 0 Å². The van der Waals surface area contributed by atoms with Gasteiger partial charge in [-0.3, -0.25) is 4.79 Å². The van der Waals surface area contributed by atoms with Gasteiger partial charge in [0.2, 0.25) is 5.91 Å². The number of amides is 1. The second-order valence-electron chi connectivity index (χ2n) is 6.00. The lowest BCUT2D eigenvalue weighted by molar-refractivity contribution is -0.115. The van der Waals surface area contributed by atoms with Gasteiger partial charge in [0.15, 0.2) is 9.84 Å². The van der Waals surface area contributed by atoms with Gasteiger partial charge in [-0.15, -0.1) is 0 Å². The number of ether oxygens (including phenoxy) is 1. The summed E-state index contributed by atoms with van der Waals surface area (Å²) in [4.78, 5) is 12.3. The molecule has 1 N–H and O–H groups in total. The van der Waals surface area contributed by atoms with Crippen molar-refractivity contribution in [2.45, 2.75) is 38.1 Å². The van der Waals surface area contributed by atoms with Crippen LogP contribution in [0.1, 0.15) is 32.0 Å². The molecule has 0 saturated carbocycles. The molecule has 0 saturated heterocycles. The van der Waals surface area contributed by atoms with Gasteiger partial charge < -0.3 is 10.1 Å². The summed E-state index contributed by atoms with van der Waals surface area (Å²) >= 11 is 0. The van der Waals surface area contributed by atoms with Crippen molar-refractivity contribution >= 4 is 21.6 Å². The Bertz CT molecular complexity index is 839.